The minimum atomic E-state index is -1.34. The molecule has 0 fully saturated rings. The van der Waals surface area contributed by atoms with Crippen LogP contribution in [-0.2, 0) is 25.1 Å². The molecule has 0 radical (unpaired) electrons. The minimum absolute atomic E-state index is 0.281. The first-order chi connectivity index (χ1) is 8.70. The van der Waals surface area contributed by atoms with Gasteiger partial charge in [-0.15, -0.1) is 0 Å². The molecular formula is C13H18O4S. The first-order valence-corrected chi connectivity index (χ1v) is 7.16. The standard InChI is InChI=1S/C13H18O4S/c1-3-17-13(14)12(18(15)10-9-16-2)11-7-5-4-6-8-11/h4-8,12H,3,9-10H2,1-2H3. The number of methoxy groups -OCH3 is 1. The Hall–Kier alpha value is -1.20. The Labute approximate surface area is 110 Å². The van der Waals surface area contributed by atoms with Crippen LogP contribution in [-0.4, -0.2) is 36.3 Å². The van der Waals surface area contributed by atoms with Gasteiger partial charge in [-0.3, -0.25) is 9.00 Å². The maximum atomic E-state index is 12.1. The smallest absolute Gasteiger partial charge is 0.326 e. The van der Waals surface area contributed by atoms with E-state index in [4.69, 9.17) is 9.47 Å². The van der Waals surface area contributed by atoms with Crippen LogP contribution in [0.15, 0.2) is 30.3 Å². The van der Waals surface area contributed by atoms with Crippen molar-refractivity contribution < 1.29 is 18.5 Å². The average molecular weight is 270 g/mol. The number of rotatable bonds is 7. The van der Waals surface area contributed by atoms with Gasteiger partial charge < -0.3 is 9.47 Å². The van der Waals surface area contributed by atoms with Crippen molar-refractivity contribution in [2.24, 2.45) is 0 Å². The normalized spacial score (nSPS) is 13.9. The Bertz CT molecular complexity index is 391. The summed E-state index contributed by atoms with van der Waals surface area (Å²) in [6, 6.07) is 9.05. The second-order valence-electron chi connectivity index (χ2n) is 3.62. The van der Waals surface area contributed by atoms with Crippen molar-refractivity contribution in [1.82, 2.24) is 0 Å². The molecule has 0 spiro atoms. The van der Waals surface area contributed by atoms with E-state index in [0.29, 0.717) is 17.9 Å². The molecule has 0 aliphatic carbocycles. The van der Waals surface area contributed by atoms with Gasteiger partial charge in [0.25, 0.3) is 0 Å². The van der Waals surface area contributed by atoms with Crippen LogP contribution >= 0.6 is 0 Å². The lowest BCUT2D eigenvalue weighted by atomic mass is 10.1. The third-order valence-electron chi connectivity index (χ3n) is 2.35. The number of carbonyl (C=O) groups excluding carboxylic acids is 1. The van der Waals surface area contributed by atoms with E-state index in [-0.39, 0.29) is 6.61 Å². The van der Waals surface area contributed by atoms with Crippen molar-refractivity contribution >= 4 is 16.8 Å². The highest BCUT2D eigenvalue weighted by Gasteiger charge is 2.27. The van der Waals surface area contributed by atoms with E-state index in [2.05, 4.69) is 0 Å². The van der Waals surface area contributed by atoms with Gasteiger partial charge in [-0.25, -0.2) is 0 Å². The molecule has 2 unspecified atom stereocenters. The fourth-order valence-corrected chi connectivity index (χ4v) is 2.83. The molecule has 0 saturated carbocycles. The largest absolute Gasteiger partial charge is 0.465 e. The van der Waals surface area contributed by atoms with Gasteiger partial charge in [0.15, 0.2) is 5.25 Å². The van der Waals surface area contributed by atoms with E-state index in [1.807, 2.05) is 18.2 Å². The van der Waals surface area contributed by atoms with Crippen LogP contribution in [0.5, 0.6) is 0 Å². The molecule has 0 heterocycles. The first kappa shape index (κ1) is 14.9. The summed E-state index contributed by atoms with van der Waals surface area (Å²) in [5.41, 5.74) is 0.713. The van der Waals surface area contributed by atoms with Gasteiger partial charge >= 0.3 is 5.97 Å². The molecule has 0 aromatic heterocycles. The molecule has 4 nitrogen and oxygen atoms in total. The van der Waals surface area contributed by atoms with Crippen LogP contribution in [0, 0.1) is 0 Å². The summed E-state index contributed by atoms with van der Waals surface area (Å²) in [5.74, 6) is -0.132. The molecule has 100 valence electrons. The van der Waals surface area contributed by atoms with E-state index >= 15 is 0 Å². The fraction of sp³-hybridized carbons (Fsp3) is 0.462. The number of hydrogen-bond donors (Lipinski definition) is 0. The zero-order valence-corrected chi connectivity index (χ0v) is 11.4. The SMILES string of the molecule is CCOC(=O)C(c1ccccc1)S(=O)CCOC. The monoisotopic (exact) mass is 270 g/mol. The Morgan fingerprint density at radius 2 is 2.00 bits per heavy atom. The highest BCUT2D eigenvalue weighted by atomic mass is 32.2. The van der Waals surface area contributed by atoms with Gasteiger partial charge in [0.2, 0.25) is 0 Å². The van der Waals surface area contributed by atoms with E-state index in [1.54, 1.807) is 26.2 Å². The molecule has 0 aliphatic heterocycles. The summed E-state index contributed by atoms with van der Waals surface area (Å²) >= 11 is 0. The van der Waals surface area contributed by atoms with Crippen LogP contribution < -0.4 is 0 Å². The number of carbonyl (C=O) groups is 1. The van der Waals surface area contributed by atoms with Crippen molar-refractivity contribution in [1.29, 1.82) is 0 Å². The molecule has 0 amide bonds. The lowest BCUT2D eigenvalue weighted by Crippen LogP contribution is -2.23. The Balaban J connectivity index is 2.88. The van der Waals surface area contributed by atoms with Gasteiger partial charge in [-0.1, -0.05) is 30.3 Å². The quantitative estimate of drug-likeness (QED) is 0.707. The molecule has 0 saturated heterocycles. The number of benzene rings is 1. The second kappa shape index (κ2) is 8.00. The molecule has 0 N–H and O–H groups in total. The lowest BCUT2D eigenvalue weighted by molar-refractivity contribution is -0.142. The average Bonchev–Trinajstić information content (AvgIpc) is 2.38. The fourth-order valence-electron chi connectivity index (χ4n) is 1.52. The molecule has 18 heavy (non-hydrogen) atoms. The molecule has 5 heteroatoms. The van der Waals surface area contributed by atoms with Crippen molar-refractivity contribution in [3.63, 3.8) is 0 Å². The maximum absolute atomic E-state index is 12.1. The van der Waals surface area contributed by atoms with Gasteiger partial charge in [-0.2, -0.15) is 0 Å². The Kier molecular flexibility index (Phi) is 6.60. The topological polar surface area (TPSA) is 52.6 Å². The van der Waals surface area contributed by atoms with E-state index in [9.17, 15) is 9.00 Å². The summed E-state index contributed by atoms with van der Waals surface area (Å²) in [7, 11) is 0.201. The molecular weight excluding hydrogens is 252 g/mol. The summed E-state index contributed by atoms with van der Waals surface area (Å²) in [6.45, 7) is 2.37. The number of esters is 1. The summed E-state index contributed by atoms with van der Waals surface area (Å²) in [5, 5.41) is -0.735. The third-order valence-corrected chi connectivity index (χ3v) is 3.91. The van der Waals surface area contributed by atoms with Gasteiger partial charge in [-0.05, 0) is 12.5 Å². The van der Waals surface area contributed by atoms with E-state index in [0.717, 1.165) is 0 Å². The number of hydrogen-bond acceptors (Lipinski definition) is 4. The van der Waals surface area contributed by atoms with Crippen LogP contribution in [0.25, 0.3) is 0 Å². The van der Waals surface area contributed by atoms with Crippen molar-refractivity contribution in [2.75, 3.05) is 26.1 Å². The minimum Gasteiger partial charge on any atom is -0.465 e. The number of ether oxygens (including phenoxy) is 2. The zero-order valence-electron chi connectivity index (χ0n) is 10.6. The Morgan fingerprint density at radius 3 is 2.56 bits per heavy atom. The Morgan fingerprint density at radius 1 is 1.33 bits per heavy atom. The lowest BCUT2D eigenvalue weighted by Gasteiger charge is -2.15. The van der Waals surface area contributed by atoms with E-state index < -0.39 is 22.0 Å². The zero-order chi connectivity index (χ0) is 13.4. The molecule has 2 atom stereocenters. The van der Waals surface area contributed by atoms with Crippen molar-refractivity contribution in [3.8, 4) is 0 Å². The van der Waals surface area contributed by atoms with Gasteiger partial charge in [0.05, 0.1) is 13.2 Å². The van der Waals surface area contributed by atoms with Crippen LogP contribution in [0.3, 0.4) is 0 Å². The molecule has 1 aromatic carbocycles. The summed E-state index contributed by atoms with van der Waals surface area (Å²) < 4.78 is 22.0. The predicted octanol–water partition coefficient (Wildman–Crippen LogP) is 1.69. The van der Waals surface area contributed by atoms with Crippen LogP contribution in [0.1, 0.15) is 17.7 Å². The highest BCUT2D eigenvalue weighted by Crippen LogP contribution is 2.21. The van der Waals surface area contributed by atoms with Crippen molar-refractivity contribution in [2.45, 2.75) is 12.2 Å². The van der Waals surface area contributed by atoms with Crippen molar-refractivity contribution in [3.05, 3.63) is 35.9 Å². The van der Waals surface area contributed by atoms with Crippen LogP contribution in [0.2, 0.25) is 0 Å². The molecule has 1 rings (SSSR count). The maximum Gasteiger partial charge on any atom is 0.326 e. The van der Waals surface area contributed by atoms with Gasteiger partial charge in [0, 0.05) is 23.7 Å². The third kappa shape index (κ3) is 4.23. The molecule has 0 bridgehead atoms. The van der Waals surface area contributed by atoms with Crippen LogP contribution in [0.4, 0.5) is 0 Å². The van der Waals surface area contributed by atoms with E-state index in [1.165, 1.54) is 0 Å². The molecule has 1 aromatic rings. The predicted molar refractivity (Wildman–Crippen MR) is 70.7 cm³/mol. The first-order valence-electron chi connectivity index (χ1n) is 5.78. The molecule has 0 aliphatic rings. The van der Waals surface area contributed by atoms with Gasteiger partial charge in [0.1, 0.15) is 0 Å². The second-order valence-corrected chi connectivity index (χ2v) is 5.26. The highest BCUT2D eigenvalue weighted by molar-refractivity contribution is 7.86. The summed E-state index contributed by atoms with van der Waals surface area (Å²) in [6.07, 6.45) is 0. The summed E-state index contributed by atoms with van der Waals surface area (Å²) in [4.78, 5) is 11.9.